The SMILES string of the molecule is CCCCNc1ncc(-c2cncc(N3CCOCC3)n2)c(NC2CCC(O)CC2)n1. The lowest BCUT2D eigenvalue weighted by atomic mass is 9.93. The second-order valence-electron chi connectivity index (χ2n) is 8.25. The predicted molar refractivity (Wildman–Crippen MR) is 121 cm³/mol. The molecule has 0 spiro atoms. The molecule has 1 aliphatic heterocycles. The van der Waals surface area contributed by atoms with Crippen molar-refractivity contribution in [3.8, 4) is 11.3 Å². The number of aromatic nitrogens is 4. The fourth-order valence-corrected chi connectivity index (χ4v) is 3.99. The molecular formula is C22H33N7O2. The van der Waals surface area contributed by atoms with Gasteiger partial charge in [0.05, 0.1) is 43.0 Å². The first kappa shape index (κ1) is 21.7. The highest BCUT2D eigenvalue weighted by Gasteiger charge is 2.22. The van der Waals surface area contributed by atoms with Crippen LogP contribution in [-0.4, -0.2) is 70.0 Å². The molecule has 1 aliphatic carbocycles. The molecule has 0 aromatic carbocycles. The van der Waals surface area contributed by atoms with Crippen molar-refractivity contribution in [3.05, 3.63) is 18.6 Å². The minimum Gasteiger partial charge on any atom is -0.393 e. The molecule has 168 valence electrons. The number of rotatable bonds is 8. The minimum atomic E-state index is -0.190. The number of unbranched alkanes of at least 4 members (excludes halogenated alkanes) is 1. The van der Waals surface area contributed by atoms with Crippen LogP contribution >= 0.6 is 0 Å². The van der Waals surface area contributed by atoms with Gasteiger partial charge in [-0.1, -0.05) is 13.3 Å². The highest BCUT2D eigenvalue weighted by Crippen LogP contribution is 2.29. The molecular weight excluding hydrogens is 394 g/mol. The number of morpholine rings is 1. The summed E-state index contributed by atoms with van der Waals surface area (Å²) in [6.07, 6.45) is 10.9. The Labute approximate surface area is 183 Å². The molecule has 0 bridgehead atoms. The number of hydrogen-bond donors (Lipinski definition) is 3. The van der Waals surface area contributed by atoms with E-state index in [2.05, 4.69) is 32.4 Å². The van der Waals surface area contributed by atoms with Crippen LogP contribution in [0.4, 0.5) is 17.6 Å². The third-order valence-electron chi connectivity index (χ3n) is 5.87. The van der Waals surface area contributed by atoms with Gasteiger partial charge in [0.2, 0.25) is 5.95 Å². The van der Waals surface area contributed by atoms with Gasteiger partial charge in [-0.3, -0.25) is 4.98 Å². The summed E-state index contributed by atoms with van der Waals surface area (Å²) in [5.74, 6) is 2.23. The summed E-state index contributed by atoms with van der Waals surface area (Å²) >= 11 is 0. The maximum Gasteiger partial charge on any atom is 0.224 e. The average Bonchev–Trinajstić information content (AvgIpc) is 2.82. The first-order valence-corrected chi connectivity index (χ1v) is 11.4. The normalized spacial score (nSPS) is 21.7. The predicted octanol–water partition coefficient (Wildman–Crippen LogP) is 2.70. The maximum absolute atomic E-state index is 9.85. The van der Waals surface area contributed by atoms with Gasteiger partial charge in [0.15, 0.2) is 0 Å². The third kappa shape index (κ3) is 5.80. The molecule has 31 heavy (non-hydrogen) atoms. The zero-order valence-electron chi connectivity index (χ0n) is 18.3. The summed E-state index contributed by atoms with van der Waals surface area (Å²) < 4.78 is 5.46. The Hall–Kier alpha value is -2.52. The van der Waals surface area contributed by atoms with Crippen LogP contribution in [0.15, 0.2) is 18.6 Å². The molecule has 0 amide bonds. The molecule has 9 nitrogen and oxygen atoms in total. The van der Waals surface area contributed by atoms with E-state index in [0.717, 1.165) is 81.1 Å². The molecule has 2 aliphatic rings. The van der Waals surface area contributed by atoms with Crippen molar-refractivity contribution in [2.75, 3.05) is 48.4 Å². The summed E-state index contributed by atoms with van der Waals surface area (Å²) in [7, 11) is 0. The lowest BCUT2D eigenvalue weighted by Gasteiger charge is -2.28. The minimum absolute atomic E-state index is 0.190. The van der Waals surface area contributed by atoms with Crippen LogP contribution in [0.25, 0.3) is 11.3 Å². The molecule has 4 rings (SSSR count). The lowest BCUT2D eigenvalue weighted by Crippen LogP contribution is -2.36. The van der Waals surface area contributed by atoms with Crippen LogP contribution in [0.1, 0.15) is 45.4 Å². The van der Waals surface area contributed by atoms with Crippen molar-refractivity contribution in [3.63, 3.8) is 0 Å². The van der Waals surface area contributed by atoms with Crippen molar-refractivity contribution in [2.45, 2.75) is 57.6 Å². The quantitative estimate of drug-likeness (QED) is 0.548. The van der Waals surface area contributed by atoms with Gasteiger partial charge in [-0.05, 0) is 32.1 Å². The Morgan fingerprint density at radius 3 is 2.68 bits per heavy atom. The molecule has 1 saturated carbocycles. The zero-order chi connectivity index (χ0) is 21.5. The summed E-state index contributed by atoms with van der Waals surface area (Å²) in [6, 6.07) is 0.274. The molecule has 2 fully saturated rings. The number of nitrogens with zero attached hydrogens (tertiary/aromatic N) is 5. The van der Waals surface area contributed by atoms with Crippen molar-refractivity contribution in [1.82, 2.24) is 19.9 Å². The van der Waals surface area contributed by atoms with Crippen molar-refractivity contribution in [1.29, 1.82) is 0 Å². The van der Waals surface area contributed by atoms with Gasteiger partial charge in [0.1, 0.15) is 11.6 Å². The molecule has 0 radical (unpaired) electrons. The van der Waals surface area contributed by atoms with E-state index in [1.807, 2.05) is 6.20 Å². The lowest BCUT2D eigenvalue weighted by molar-refractivity contribution is 0.122. The molecule has 9 heteroatoms. The Balaban J connectivity index is 1.59. The zero-order valence-corrected chi connectivity index (χ0v) is 18.3. The molecule has 2 aromatic rings. The van der Waals surface area contributed by atoms with Crippen molar-refractivity contribution >= 4 is 17.6 Å². The van der Waals surface area contributed by atoms with Crippen LogP contribution in [0.2, 0.25) is 0 Å². The standard InChI is InChI=1S/C22H33N7O2/c1-2-3-8-24-22-25-13-18(21(28-22)26-16-4-6-17(30)7-5-16)19-14-23-15-20(27-19)29-9-11-31-12-10-29/h13-17,30H,2-12H2,1H3,(H2,24,25,26,28). The van der Waals surface area contributed by atoms with Gasteiger partial charge in [-0.25, -0.2) is 9.97 Å². The van der Waals surface area contributed by atoms with E-state index in [0.29, 0.717) is 19.2 Å². The highest BCUT2D eigenvalue weighted by molar-refractivity contribution is 5.73. The third-order valence-corrected chi connectivity index (χ3v) is 5.87. The number of hydrogen-bond acceptors (Lipinski definition) is 9. The van der Waals surface area contributed by atoms with E-state index in [4.69, 9.17) is 14.7 Å². The van der Waals surface area contributed by atoms with Crippen LogP contribution in [0, 0.1) is 0 Å². The van der Waals surface area contributed by atoms with Gasteiger partial charge in [0, 0.05) is 31.9 Å². The van der Waals surface area contributed by atoms with E-state index >= 15 is 0 Å². The summed E-state index contributed by atoms with van der Waals surface area (Å²) in [4.78, 5) is 20.8. The Kier molecular flexibility index (Phi) is 7.48. The molecule has 3 N–H and O–H groups in total. The summed E-state index contributed by atoms with van der Waals surface area (Å²) in [5, 5.41) is 16.8. The Morgan fingerprint density at radius 1 is 1.10 bits per heavy atom. The summed E-state index contributed by atoms with van der Waals surface area (Å²) in [6.45, 7) is 6.03. The van der Waals surface area contributed by atoms with Crippen LogP contribution in [0.3, 0.4) is 0 Å². The smallest absolute Gasteiger partial charge is 0.224 e. The molecule has 0 unspecified atom stereocenters. The second-order valence-corrected chi connectivity index (χ2v) is 8.25. The highest BCUT2D eigenvalue weighted by atomic mass is 16.5. The number of ether oxygens (including phenoxy) is 1. The number of aliphatic hydroxyl groups is 1. The van der Waals surface area contributed by atoms with E-state index in [1.165, 1.54) is 0 Å². The Bertz CT molecular complexity index is 836. The number of aliphatic hydroxyl groups excluding tert-OH is 1. The first-order chi connectivity index (χ1) is 15.2. The van der Waals surface area contributed by atoms with Crippen LogP contribution in [0.5, 0.6) is 0 Å². The molecule has 0 atom stereocenters. The average molecular weight is 428 g/mol. The second kappa shape index (κ2) is 10.7. The molecule has 3 heterocycles. The van der Waals surface area contributed by atoms with E-state index in [1.54, 1.807) is 12.4 Å². The first-order valence-electron chi connectivity index (χ1n) is 11.4. The van der Waals surface area contributed by atoms with Crippen molar-refractivity contribution < 1.29 is 9.84 Å². The van der Waals surface area contributed by atoms with E-state index < -0.39 is 0 Å². The maximum atomic E-state index is 9.85. The Morgan fingerprint density at radius 2 is 1.90 bits per heavy atom. The van der Waals surface area contributed by atoms with Gasteiger partial charge in [-0.2, -0.15) is 4.98 Å². The largest absolute Gasteiger partial charge is 0.393 e. The van der Waals surface area contributed by atoms with Gasteiger partial charge < -0.3 is 25.4 Å². The van der Waals surface area contributed by atoms with Gasteiger partial charge in [0.25, 0.3) is 0 Å². The van der Waals surface area contributed by atoms with Gasteiger partial charge in [-0.15, -0.1) is 0 Å². The van der Waals surface area contributed by atoms with Crippen LogP contribution < -0.4 is 15.5 Å². The van der Waals surface area contributed by atoms with Crippen LogP contribution in [-0.2, 0) is 4.74 Å². The molecule has 1 saturated heterocycles. The number of nitrogens with one attached hydrogen (secondary N) is 2. The summed E-state index contributed by atoms with van der Waals surface area (Å²) in [5.41, 5.74) is 1.59. The number of anilines is 3. The fraction of sp³-hybridized carbons (Fsp3) is 0.636. The van der Waals surface area contributed by atoms with Crippen molar-refractivity contribution in [2.24, 2.45) is 0 Å². The fourth-order valence-electron chi connectivity index (χ4n) is 3.99. The monoisotopic (exact) mass is 427 g/mol. The van der Waals surface area contributed by atoms with Gasteiger partial charge >= 0.3 is 0 Å². The van der Waals surface area contributed by atoms with E-state index in [-0.39, 0.29) is 12.1 Å². The van der Waals surface area contributed by atoms with E-state index in [9.17, 15) is 5.11 Å². The topological polar surface area (TPSA) is 108 Å². The molecule has 2 aromatic heterocycles.